The molecule has 3 aromatic carbocycles. The third-order valence-electron chi connectivity index (χ3n) is 12.4. The zero-order chi connectivity index (χ0) is 38.7. The minimum absolute atomic E-state index is 0.191. The summed E-state index contributed by atoms with van der Waals surface area (Å²) in [6.45, 7) is 26.2. The molecule has 2 unspecified atom stereocenters. The van der Waals surface area contributed by atoms with Crippen molar-refractivity contribution in [2.75, 3.05) is 0 Å². The Bertz CT molecular complexity index is 2710. The molecule has 6 heteroatoms. The molecule has 0 spiro atoms. The molecule has 280 valence electrons. The van der Waals surface area contributed by atoms with Crippen LogP contribution >= 0.6 is 0 Å². The SMILES string of the molecule is C=C1CC2C(CCc3ccc4c(oc5c(C(C)C)cccc54)c3-c3n1c1nc(C)ccc1[n+]3C)c1ccccc1-c1cc(CC(C)(C)C)c([Si](C)(C)C)c[n+]12. The Morgan fingerprint density at radius 3 is 2.47 bits per heavy atom. The molecule has 9 rings (SSSR count). The summed E-state index contributed by atoms with van der Waals surface area (Å²) in [6.07, 6.45) is 6.40. The van der Waals surface area contributed by atoms with Crippen molar-refractivity contribution in [2.24, 2.45) is 12.5 Å². The van der Waals surface area contributed by atoms with E-state index in [4.69, 9.17) is 16.0 Å². The quantitative estimate of drug-likeness (QED) is 0.133. The lowest BCUT2D eigenvalue weighted by Gasteiger charge is -2.33. The predicted molar refractivity (Wildman–Crippen MR) is 231 cm³/mol. The minimum atomic E-state index is -1.71. The molecule has 55 heavy (non-hydrogen) atoms. The molecule has 5 nitrogen and oxygen atoms in total. The number of furan rings is 1. The average molecular weight is 745 g/mol. The number of fused-ring (bicyclic) bond motifs is 15. The van der Waals surface area contributed by atoms with Crippen molar-refractivity contribution < 1.29 is 13.6 Å². The fourth-order valence-corrected chi connectivity index (χ4v) is 11.6. The summed E-state index contributed by atoms with van der Waals surface area (Å²) in [4.78, 5) is 5.25. The highest BCUT2D eigenvalue weighted by atomic mass is 28.3. The lowest BCUT2D eigenvalue weighted by molar-refractivity contribution is -0.716. The van der Waals surface area contributed by atoms with Gasteiger partial charge in [-0.2, -0.15) is 9.13 Å². The first kappa shape index (κ1) is 35.9. The number of imidazole rings is 1. The largest absolute Gasteiger partial charge is 0.455 e. The molecule has 0 bridgehead atoms. The number of aryl methyl sites for hydroxylation is 3. The highest BCUT2D eigenvalue weighted by Gasteiger charge is 2.45. The van der Waals surface area contributed by atoms with Gasteiger partial charge in [0.15, 0.2) is 23.3 Å². The Kier molecular flexibility index (Phi) is 8.22. The number of hydrogen-bond acceptors (Lipinski definition) is 2. The number of allylic oxidation sites excluding steroid dienone is 1. The van der Waals surface area contributed by atoms with Crippen molar-refractivity contribution in [1.29, 1.82) is 0 Å². The molecule has 7 aromatic rings. The van der Waals surface area contributed by atoms with Crippen LogP contribution in [0.5, 0.6) is 0 Å². The molecule has 6 heterocycles. The number of benzene rings is 3. The van der Waals surface area contributed by atoms with E-state index >= 15 is 0 Å². The Morgan fingerprint density at radius 1 is 0.964 bits per heavy atom. The van der Waals surface area contributed by atoms with Gasteiger partial charge in [0.1, 0.15) is 16.8 Å². The summed E-state index contributed by atoms with van der Waals surface area (Å²) in [5.41, 5.74) is 15.6. The van der Waals surface area contributed by atoms with Gasteiger partial charge in [0.2, 0.25) is 5.69 Å². The van der Waals surface area contributed by atoms with Crippen molar-refractivity contribution >= 4 is 52.1 Å². The van der Waals surface area contributed by atoms with Gasteiger partial charge in [-0.05, 0) is 78.0 Å². The van der Waals surface area contributed by atoms with Crippen LogP contribution in [0.4, 0.5) is 0 Å². The topological polar surface area (TPSA) is 38.7 Å². The van der Waals surface area contributed by atoms with Gasteiger partial charge < -0.3 is 4.42 Å². The Labute approximate surface area is 327 Å². The van der Waals surface area contributed by atoms with Gasteiger partial charge in [0, 0.05) is 39.2 Å². The van der Waals surface area contributed by atoms with E-state index < -0.39 is 8.07 Å². The maximum absolute atomic E-state index is 7.10. The van der Waals surface area contributed by atoms with Crippen molar-refractivity contribution in [2.45, 2.75) is 105 Å². The Morgan fingerprint density at radius 2 is 1.73 bits per heavy atom. The molecule has 4 aromatic heterocycles. The number of hydrogen-bond donors (Lipinski definition) is 0. The molecule has 0 fully saturated rings. The second-order valence-corrected chi connectivity index (χ2v) is 24.1. The van der Waals surface area contributed by atoms with Crippen molar-refractivity contribution in [3.63, 3.8) is 0 Å². The number of rotatable bonds is 3. The van der Waals surface area contributed by atoms with E-state index in [1.807, 2.05) is 0 Å². The van der Waals surface area contributed by atoms with Crippen molar-refractivity contribution in [3.05, 3.63) is 114 Å². The first-order valence-corrected chi connectivity index (χ1v) is 23.8. The maximum Gasteiger partial charge on any atom is 0.299 e. The van der Waals surface area contributed by atoms with Crippen LogP contribution in [-0.4, -0.2) is 17.6 Å². The van der Waals surface area contributed by atoms with E-state index in [0.29, 0.717) is 11.8 Å². The zero-order valence-electron chi connectivity index (χ0n) is 34.5. The summed E-state index contributed by atoms with van der Waals surface area (Å²) in [5, 5.41) is 3.91. The fourth-order valence-electron chi connectivity index (χ4n) is 9.92. The van der Waals surface area contributed by atoms with Gasteiger partial charge in [-0.3, -0.25) is 0 Å². The monoisotopic (exact) mass is 744 g/mol. The molecule has 0 saturated heterocycles. The van der Waals surface area contributed by atoms with Gasteiger partial charge in [0.25, 0.3) is 11.5 Å². The van der Waals surface area contributed by atoms with Crippen LogP contribution in [0.25, 0.3) is 61.4 Å². The second-order valence-electron chi connectivity index (χ2n) is 19.0. The van der Waals surface area contributed by atoms with E-state index in [1.54, 1.807) is 5.19 Å². The van der Waals surface area contributed by atoms with Crippen LogP contribution < -0.4 is 14.3 Å². The highest BCUT2D eigenvalue weighted by molar-refractivity contribution is 6.89. The number of nitrogens with zero attached hydrogens (tertiary/aromatic N) is 4. The van der Waals surface area contributed by atoms with E-state index in [-0.39, 0.29) is 11.5 Å². The lowest BCUT2D eigenvalue weighted by Crippen LogP contribution is -2.54. The van der Waals surface area contributed by atoms with Gasteiger partial charge in [-0.1, -0.05) is 109 Å². The summed E-state index contributed by atoms with van der Waals surface area (Å²) < 4.78 is 14.5. The first-order chi connectivity index (χ1) is 26.1. The van der Waals surface area contributed by atoms with Gasteiger partial charge in [0.05, 0.1) is 21.5 Å². The first-order valence-electron chi connectivity index (χ1n) is 20.3. The lowest BCUT2D eigenvalue weighted by atomic mass is 9.77. The van der Waals surface area contributed by atoms with Crippen LogP contribution in [0.1, 0.15) is 93.3 Å². The van der Waals surface area contributed by atoms with E-state index in [9.17, 15) is 0 Å². The van der Waals surface area contributed by atoms with E-state index in [0.717, 1.165) is 76.2 Å². The second kappa shape index (κ2) is 12.6. The molecular weight excluding hydrogens is 689 g/mol. The van der Waals surface area contributed by atoms with E-state index in [1.165, 1.54) is 38.9 Å². The third-order valence-corrected chi connectivity index (χ3v) is 14.5. The highest BCUT2D eigenvalue weighted by Crippen LogP contribution is 2.47. The standard InChI is InChI=1S/C49H56N4OSi/c1-29(2)34-17-14-18-38-39-23-21-32-20-22-37-35-15-12-13-16-36(35)42-26-33(27-49(5,6)7)43(55(9,10)11)28-52(42)41(37)25-31(4)53-47-40(24-19-30(3)50-47)51(8)48(53)44(32)46(39)54-45(34)38/h12-19,21,23-24,26,28-29,37,41H,4,20,22,25,27H2,1-3,5-11H3/q+2. The molecule has 0 radical (unpaired) electrons. The molecular formula is C49H56N4OSi+2. The predicted octanol–water partition coefficient (Wildman–Crippen LogP) is 11.1. The summed E-state index contributed by atoms with van der Waals surface area (Å²) >= 11 is 0. The van der Waals surface area contributed by atoms with Gasteiger partial charge >= 0.3 is 0 Å². The summed E-state index contributed by atoms with van der Waals surface area (Å²) in [7, 11) is 0.479. The van der Waals surface area contributed by atoms with Crippen LogP contribution in [-0.2, 0) is 19.9 Å². The Hall–Kier alpha value is -4.81. The molecule has 2 aliphatic heterocycles. The molecule has 2 atom stereocenters. The Balaban J connectivity index is 1.33. The minimum Gasteiger partial charge on any atom is -0.455 e. The molecule has 0 amide bonds. The fraction of sp³-hybridized carbons (Fsp3) is 0.367. The average Bonchev–Trinajstić information content (AvgIpc) is 3.64. The summed E-state index contributed by atoms with van der Waals surface area (Å²) in [6, 6.07) is 27.7. The smallest absolute Gasteiger partial charge is 0.299 e. The zero-order valence-corrected chi connectivity index (χ0v) is 35.5. The molecule has 0 saturated carbocycles. The molecule has 2 aliphatic rings. The molecule has 0 N–H and O–H groups in total. The number of pyridine rings is 2. The van der Waals surface area contributed by atoms with Crippen LogP contribution in [0.3, 0.4) is 0 Å². The van der Waals surface area contributed by atoms with Crippen LogP contribution in [0, 0.1) is 12.3 Å². The number of aromatic nitrogens is 4. The molecule has 0 aliphatic carbocycles. The maximum atomic E-state index is 7.10. The van der Waals surface area contributed by atoms with Gasteiger partial charge in [-0.15, -0.1) is 0 Å². The van der Waals surface area contributed by atoms with Gasteiger partial charge in [-0.25, -0.2) is 9.55 Å². The normalized spacial score (nSPS) is 17.3. The number of para-hydroxylation sites is 1. The third kappa shape index (κ3) is 5.74. The van der Waals surface area contributed by atoms with Crippen molar-refractivity contribution in [3.8, 4) is 22.6 Å². The van der Waals surface area contributed by atoms with E-state index in [2.05, 4.69) is 161 Å². The van der Waals surface area contributed by atoms with Crippen LogP contribution in [0.15, 0.2) is 90.0 Å². The van der Waals surface area contributed by atoms with Crippen LogP contribution in [0.2, 0.25) is 19.6 Å². The van der Waals surface area contributed by atoms with Crippen molar-refractivity contribution in [1.82, 2.24) is 9.55 Å². The summed E-state index contributed by atoms with van der Waals surface area (Å²) in [5.74, 6) is 1.74.